The lowest BCUT2D eigenvalue weighted by molar-refractivity contribution is 0.218. The van der Waals surface area contributed by atoms with Crippen molar-refractivity contribution in [2.24, 2.45) is 5.73 Å². The Hall–Kier alpha value is -0.450. The van der Waals surface area contributed by atoms with Gasteiger partial charge in [-0.05, 0) is 19.1 Å². The van der Waals surface area contributed by atoms with Crippen LogP contribution in [0.1, 0.15) is 17.9 Å². The van der Waals surface area contributed by atoms with Crippen molar-refractivity contribution in [1.29, 1.82) is 0 Å². The molecule has 0 radical (unpaired) electrons. The summed E-state index contributed by atoms with van der Waals surface area (Å²) in [5.41, 5.74) is 5.89. The molecule has 0 spiro atoms. The molecule has 0 saturated carbocycles. The van der Waals surface area contributed by atoms with E-state index >= 15 is 0 Å². The lowest BCUT2D eigenvalue weighted by atomic mass is 10.2. The molecular weight excluding hydrogens is 198 g/mol. The molecule has 2 N–H and O–H groups in total. The van der Waals surface area contributed by atoms with Crippen LogP contribution < -0.4 is 5.73 Å². The van der Waals surface area contributed by atoms with Gasteiger partial charge in [-0.25, -0.2) is 0 Å². The maximum Gasteiger partial charge on any atom is 0.118 e. The second-order valence-electron chi connectivity index (χ2n) is 3.16. The highest BCUT2D eigenvalue weighted by Crippen LogP contribution is 2.31. The van der Waals surface area contributed by atoms with Crippen LogP contribution in [0.25, 0.3) is 0 Å². The van der Waals surface area contributed by atoms with Crippen molar-refractivity contribution in [3.8, 4) is 0 Å². The van der Waals surface area contributed by atoms with Gasteiger partial charge < -0.3 is 14.9 Å². The standard InChI is InChI=1S/C10H17NO2S/c1-8(11)10(14-7-6-12-2)9-4-3-5-13-9/h3-5,8,10H,6-7,11H2,1-2H3. The monoisotopic (exact) mass is 215 g/mol. The predicted octanol–water partition coefficient (Wildman–Crippen LogP) is 2.05. The first-order valence-electron chi connectivity index (χ1n) is 4.65. The Labute approximate surface area is 89.0 Å². The van der Waals surface area contributed by atoms with Crippen LogP contribution in [0.15, 0.2) is 22.8 Å². The molecule has 0 aromatic carbocycles. The van der Waals surface area contributed by atoms with Gasteiger partial charge in [0.25, 0.3) is 0 Å². The highest BCUT2D eigenvalue weighted by molar-refractivity contribution is 7.99. The Balaban J connectivity index is 2.48. The van der Waals surface area contributed by atoms with Crippen molar-refractivity contribution < 1.29 is 9.15 Å². The van der Waals surface area contributed by atoms with E-state index in [9.17, 15) is 0 Å². The molecule has 1 heterocycles. The van der Waals surface area contributed by atoms with Crippen molar-refractivity contribution >= 4 is 11.8 Å². The van der Waals surface area contributed by atoms with Gasteiger partial charge in [-0.3, -0.25) is 0 Å². The number of methoxy groups -OCH3 is 1. The summed E-state index contributed by atoms with van der Waals surface area (Å²) in [7, 11) is 1.70. The molecule has 0 aliphatic carbocycles. The molecule has 1 aromatic rings. The molecule has 0 aliphatic rings. The first kappa shape index (κ1) is 11.6. The van der Waals surface area contributed by atoms with Crippen molar-refractivity contribution in [3.05, 3.63) is 24.2 Å². The lowest BCUT2D eigenvalue weighted by Gasteiger charge is -2.17. The van der Waals surface area contributed by atoms with Gasteiger partial charge in [0, 0.05) is 18.9 Å². The second-order valence-corrected chi connectivity index (χ2v) is 4.41. The first-order chi connectivity index (χ1) is 6.75. The van der Waals surface area contributed by atoms with Gasteiger partial charge in [0.2, 0.25) is 0 Å². The minimum atomic E-state index is 0.0861. The van der Waals surface area contributed by atoms with Gasteiger partial charge in [0.1, 0.15) is 5.76 Å². The van der Waals surface area contributed by atoms with Gasteiger partial charge >= 0.3 is 0 Å². The molecule has 2 unspecified atom stereocenters. The Bertz CT molecular complexity index is 236. The SMILES string of the molecule is COCCSC(c1ccco1)C(C)N. The van der Waals surface area contributed by atoms with E-state index in [0.29, 0.717) is 0 Å². The van der Waals surface area contributed by atoms with Gasteiger partial charge in [0.05, 0.1) is 18.1 Å². The number of nitrogens with two attached hydrogens (primary N) is 1. The summed E-state index contributed by atoms with van der Waals surface area (Å²) < 4.78 is 10.3. The smallest absolute Gasteiger partial charge is 0.118 e. The van der Waals surface area contributed by atoms with Crippen LogP contribution in [0.5, 0.6) is 0 Å². The van der Waals surface area contributed by atoms with E-state index in [2.05, 4.69) is 0 Å². The van der Waals surface area contributed by atoms with E-state index < -0.39 is 0 Å². The molecule has 0 aliphatic heterocycles. The highest BCUT2D eigenvalue weighted by atomic mass is 32.2. The van der Waals surface area contributed by atoms with E-state index in [1.807, 2.05) is 19.1 Å². The number of furan rings is 1. The highest BCUT2D eigenvalue weighted by Gasteiger charge is 2.18. The molecule has 4 heteroatoms. The topological polar surface area (TPSA) is 48.4 Å². The minimum absolute atomic E-state index is 0.0861. The molecule has 0 saturated heterocycles. The van der Waals surface area contributed by atoms with E-state index in [1.165, 1.54) is 0 Å². The van der Waals surface area contributed by atoms with Crippen LogP contribution in [-0.2, 0) is 4.74 Å². The van der Waals surface area contributed by atoms with Gasteiger partial charge in [-0.15, -0.1) is 11.8 Å². The van der Waals surface area contributed by atoms with Gasteiger partial charge in [-0.1, -0.05) is 0 Å². The summed E-state index contributed by atoms with van der Waals surface area (Å²) in [5.74, 6) is 1.88. The quantitative estimate of drug-likeness (QED) is 0.738. The van der Waals surface area contributed by atoms with Crippen LogP contribution in [0.3, 0.4) is 0 Å². The summed E-state index contributed by atoms with van der Waals surface area (Å²) in [4.78, 5) is 0. The van der Waals surface area contributed by atoms with Crippen LogP contribution in [0.2, 0.25) is 0 Å². The number of ether oxygens (including phenoxy) is 1. The molecular formula is C10H17NO2S. The fraction of sp³-hybridized carbons (Fsp3) is 0.600. The first-order valence-corrected chi connectivity index (χ1v) is 5.70. The lowest BCUT2D eigenvalue weighted by Crippen LogP contribution is -2.22. The fourth-order valence-corrected chi connectivity index (χ4v) is 2.32. The molecule has 80 valence electrons. The maximum absolute atomic E-state index is 5.89. The van der Waals surface area contributed by atoms with Crippen molar-refractivity contribution in [2.45, 2.75) is 18.2 Å². The minimum Gasteiger partial charge on any atom is -0.468 e. The number of hydrogen-bond donors (Lipinski definition) is 1. The van der Waals surface area contributed by atoms with Crippen LogP contribution >= 0.6 is 11.8 Å². The van der Waals surface area contributed by atoms with Crippen LogP contribution in [-0.4, -0.2) is 25.5 Å². The third-order valence-corrected chi connectivity index (χ3v) is 3.31. The zero-order valence-corrected chi connectivity index (χ0v) is 9.42. The molecule has 2 atom stereocenters. The van der Waals surface area contributed by atoms with E-state index in [1.54, 1.807) is 25.1 Å². The van der Waals surface area contributed by atoms with Gasteiger partial charge in [-0.2, -0.15) is 0 Å². The molecule has 3 nitrogen and oxygen atoms in total. The zero-order valence-electron chi connectivity index (χ0n) is 8.60. The van der Waals surface area contributed by atoms with Gasteiger partial charge in [0.15, 0.2) is 0 Å². The molecule has 14 heavy (non-hydrogen) atoms. The molecule has 0 fully saturated rings. The summed E-state index contributed by atoms with van der Waals surface area (Å²) >= 11 is 1.77. The number of rotatable bonds is 6. The van der Waals surface area contributed by atoms with Crippen molar-refractivity contribution in [3.63, 3.8) is 0 Å². The van der Waals surface area contributed by atoms with E-state index in [0.717, 1.165) is 18.1 Å². The Kier molecular flexibility index (Phi) is 5.07. The summed E-state index contributed by atoms with van der Waals surface area (Å²) in [5, 5.41) is 0.222. The summed E-state index contributed by atoms with van der Waals surface area (Å²) in [6.45, 7) is 2.74. The normalized spacial score (nSPS) is 15.4. The zero-order chi connectivity index (χ0) is 10.4. The second kappa shape index (κ2) is 6.11. The summed E-state index contributed by atoms with van der Waals surface area (Å²) in [6, 6.07) is 3.94. The van der Waals surface area contributed by atoms with Crippen LogP contribution in [0.4, 0.5) is 0 Å². The Morgan fingerprint density at radius 3 is 2.93 bits per heavy atom. The van der Waals surface area contributed by atoms with E-state index in [-0.39, 0.29) is 11.3 Å². The number of thioether (sulfide) groups is 1. The molecule has 1 rings (SSSR count). The average Bonchev–Trinajstić information content (AvgIpc) is 2.64. The Morgan fingerprint density at radius 1 is 1.64 bits per heavy atom. The fourth-order valence-electron chi connectivity index (χ4n) is 1.20. The third-order valence-electron chi connectivity index (χ3n) is 1.89. The Morgan fingerprint density at radius 2 is 2.43 bits per heavy atom. The molecule has 1 aromatic heterocycles. The summed E-state index contributed by atoms with van der Waals surface area (Å²) in [6.07, 6.45) is 1.68. The number of hydrogen-bond acceptors (Lipinski definition) is 4. The third kappa shape index (κ3) is 3.36. The maximum atomic E-state index is 5.89. The molecule has 0 bridgehead atoms. The van der Waals surface area contributed by atoms with Crippen molar-refractivity contribution in [1.82, 2.24) is 0 Å². The van der Waals surface area contributed by atoms with Crippen molar-refractivity contribution in [2.75, 3.05) is 19.5 Å². The average molecular weight is 215 g/mol. The van der Waals surface area contributed by atoms with E-state index in [4.69, 9.17) is 14.9 Å². The van der Waals surface area contributed by atoms with Crippen LogP contribution in [0, 0.1) is 0 Å². The largest absolute Gasteiger partial charge is 0.468 e. The molecule has 0 amide bonds. The predicted molar refractivity (Wildman–Crippen MR) is 59.4 cm³/mol.